The first kappa shape index (κ1) is 21.1. The number of carbonyl (C=O) groups is 1. The minimum Gasteiger partial charge on any atom is -0.354 e. The van der Waals surface area contributed by atoms with Gasteiger partial charge in [-0.15, -0.1) is 0 Å². The summed E-state index contributed by atoms with van der Waals surface area (Å²) in [5.41, 5.74) is 2.49. The number of benzene rings is 1. The van der Waals surface area contributed by atoms with Gasteiger partial charge < -0.3 is 15.3 Å². The summed E-state index contributed by atoms with van der Waals surface area (Å²) in [4.78, 5) is 40.5. The Bertz CT molecular complexity index is 1660. The minimum atomic E-state index is -0.763. The Balaban J connectivity index is 1.23. The van der Waals surface area contributed by atoms with Crippen LogP contribution in [0.5, 0.6) is 0 Å². The molecule has 5 heterocycles. The van der Waals surface area contributed by atoms with Crippen molar-refractivity contribution in [1.82, 2.24) is 39.8 Å². The molecule has 0 spiro atoms. The number of hydrogen-bond acceptors (Lipinski definition) is 6. The minimum absolute atomic E-state index is 0.0195. The maximum Gasteiger partial charge on any atom is 0.277 e. The molecule has 0 saturated carbocycles. The van der Waals surface area contributed by atoms with Gasteiger partial charge in [-0.1, -0.05) is 6.07 Å². The van der Waals surface area contributed by atoms with Crippen molar-refractivity contribution in [3.05, 3.63) is 81.3 Å². The molecule has 0 radical (unpaired) electrons. The van der Waals surface area contributed by atoms with Crippen molar-refractivity contribution >= 4 is 22.5 Å². The van der Waals surface area contributed by atoms with Crippen molar-refractivity contribution < 1.29 is 13.6 Å². The second-order valence-electron chi connectivity index (χ2n) is 8.31. The van der Waals surface area contributed by atoms with Gasteiger partial charge in [-0.2, -0.15) is 5.10 Å². The first-order chi connectivity index (χ1) is 16.9. The van der Waals surface area contributed by atoms with E-state index in [0.717, 1.165) is 27.7 Å². The normalized spacial score (nSPS) is 13.6. The predicted octanol–water partition coefficient (Wildman–Crippen LogP) is 2.11. The zero-order chi connectivity index (χ0) is 24.3. The van der Waals surface area contributed by atoms with Gasteiger partial charge in [-0.25, -0.2) is 18.3 Å². The Hall–Kier alpha value is -4.45. The number of nitrogens with zero attached hydrogens (tertiary/aromatic N) is 5. The summed E-state index contributed by atoms with van der Waals surface area (Å²) in [6.07, 6.45) is 2.52. The highest BCUT2D eigenvalue weighted by atomic mass is 19.1. The molecule has 176 valence electrons. The fourth-order valence-electron chi connectivity index (χ4n) is 4.40. The van der Waals surface area contributed by atoms with Gasteiger partial charge in [0.25, 0.3) is 11.5 Å². The molecule has 1 aliphatic rings. The fourth-order valence-corrected chi connectivity index (χ4v) is 4.40. The fraction of sp³-hybridized carbons (Fsp3) is 0.174. The van der Waals surface area contributed by atoms with Gasteiger partial charge in [0, 0.05) is 44.0 Å². The number of amides is 1. The maximum atomic E-state index is 15.3. The molecule has 4 aromatic heterocycles. The van der Waals surface area contributed by atoms with Crippen LogP contribution in [0, 0.1) is 11.6 Å². The van der Waals surface area contributed by atoms with Crippen LogP contribution in [0.15, 0.2) is 41.5 Å². The third-order valence-corrected chi connectivity index (χ3v) is 6.12. The average molecular weight is 476 g/mol. The second-order valence-corrected chi connectivity index (χ2v) is 8.31. The first-order valence-corrected chi connectivity index (χ1v) is 10.8. The lowest BCUT2D eigenvalue weighted by molar-refractivity contribution is 0.0958. The van der Waals surface area contributed by atoms with E-state index in [1.54, 1.807) is 37.5 Å². The molecule has 3 N–H and O–H groups in total. The van der Waals surface area contributed by atoms with Gasteiger partial charge in [-0.3, -0.25) is 19.5 Å². The number of rotatable bonds is 4. The van der Waals surface area contributed by atoms with Crippen LogP contribution in [0.1, 0.15) is 27.4 Å². The van der Waals surface area contributed by atoms with Gasteiger partial charge >= 0.3 is 0 Å². The quantitative estimate of drug-likeness (QED) is 0.365. The van der Waals surface area contributed by atoms with E-state index in [1.807, 2.05) is 4.90 Å². The number of halogens is 2. The van der Waals surface area contributed by atoms with E-state index in [-0.39, 0.29) is 29.0 Å². The highest BCUT2D eigenvalue weighted by Gasteiger charge is 2.25. The van der Waals surface area contributed by atoms with Crippen molar-refractivity contribution in [2.45, 2.75) is 19.6 Å². The number of aromatic amines is 2. The van der Waals surface area contributed by atoms with E-state index in [1.165, 1.54) is 0 Å². The number of hydrogen-bond donors (Lipinski definition) is 3. The lowest BCUT2D eigenvalue weighted by Crippen LogP contribution is -2.19. The van der Waals surface area contributed by atoms with Gasteiger partial charge in [0.2, 0.25) is 0 Å². The van der Waals surface area contributed by atoms with Crippen LogP contribution in [-0.4, -0.2) is 47.4 Å². The van der Waals surface area contributed by atoms with Gasteiger partial charge in [-0.05, 0) is 18.2 Å². The standard InChI is InChI=1S/C23H18F2N8O2/c1-26-22(34)14-4-2-11(6-27-14)21-29-15-9-32(10-16(15)30-21)8-12-3-5-17-19(18(12)25)31-23(35)20-13(24)7-28-33(17)20/h2-7H,8-10H2,1H3,(H,26,34)(H,29,30)(H,31,35). The van der Waals surface area contributed by atoms with Crippen LogP contribution in [-0.2, 0) is 19.6 Å². The third kappa shape index (κ3) is 3.37. The highest BCUT2D eigenvalue weighted by Crippen LogP contribution is 2.28. The zero-order valence-corrected chi connectivity index (χ0v) is 18.4. The van der Waals surface area contributed by atoms with E-state index in [9.17, 15) is 14.0 Å². The smallest absolute Gasteiger partial charge is 0.277 e. The molecule has 1 aliphatic heterocycles. The SMILES string of the molecule is CNC(=O)c1ccc(-c2nc3c([nH]2)CN(Cc2ccc4c([nH]c(=O)c5c(F)cnn54)c2F)C3)cn1. The highest BCUT2D eigenvalue weighted by molar-refractivity contribution is 5.92. The van der Waals surface area contributed by atoms with Gasteiger partial charge in [0.05, 0.1) is 23.1 Å². The number of pyridine rings is 1. The maximum absolute atomic E-state index is 15.3. The molecule has 0 aliphatic carbocycles. The topological polar surface area (TPSA) is 124 Å². The van der Waals surface area contributed by atoms with E-state index >= 15 is 4.39 Å². The van der Waals surface area contributed by atoms with Crippen molar-refractivity contribution in [2.24, 2.45) is 0 Å². The molecule has 12 heteroatoms. The third-order valence-electron chi connectivity index (χ3n) is 6.12. The largest absolute Gasteiger partial charge is 0.354 e. The molecule has 0 atom stereocenters. The summed E-state index contributed by atoms with van der Waals surface area (Å²) < 4.78 is 30.3. The van der Waals surface area contributed by atoms with Crippen LogP contribution < -0.4 is 10.9 Å². The van der Waals surface area contributed by atoms with Crippen molar-refractivity contribution in [3.63, 3.8) is 0 Å². The molecule has 1 aromatic carbocycles. The number of H-pyrrole nitrogens is 2. The lowest BCUT2D eigenvalue weighted by atomic mass is 10.1. The molecule has 35 heavy (non-hydrogen) atoms. The Morgan fingerprint density at radius 1 is 1.14 bits per heavy atom. The Morgan fingerprint density at radius 3 is 2.74 bits per heavy atom. The number of nitrogens with one attached hydrogen (secondary N) is 3. The van der Waals surface area contributed by atoms with Crippen LogP contribution in [0.2, 0.25) is 0 Å². The summed E-state index contributed by atoms with van der Waals surface area (Å²) in [6, 6.07) is 6.63. The molecule has 6 rings (SSSR count). The number of carbonyl (C=O) groups excluding carboxylic acids is 1. The van der Waals surface area contributed by atoms with Crippen LogP contribution >= 0.6 is 0 Å². The van der Waals surface area contributed by atoms with E-state index in [0.29, 0.717) is 30.2 Å². The summed E-state index contributed by atoms with van der Waals surface area (Å²) in [5, 5.41) is 6.39. The molecule has 0 saturated heterocycles. The van der Waals surface area contributed by atoms with E-state index in [4.69, 9.17) is 0 Å². The lowest BCUT2D eigenvalue weighted by Gasteiger charge is -2.16. The summed E-state index contributed by atoms with van der Waals surface area (Å²) in [7, 11) is 1.54. The molecular formula is C23H18F2N8O2. The zero-order valence-electron chi connectivity index (χ0n) is 18.4. The van der Waals surface area contributed by atoms with Crippen molar-refractivity contribution in [2.75, 3.05) is 7.05 Å². The summed E-state index contributed by atoms with van der Waals surface area (Å²) in [6.45, 7) is 1.33. The molecule has 10 nitrogen and oxygen atoms in total. The average Bonchev–Trinajstić information content (AvgIpc) is 3.54. The van der Waals surface area contributed by atoms with Gasteiger partial charge in [0.1, 0.15) is 17.0 Å². The Morgan fingerprint density at radius 2 is 2.00 bits per heavy atom. The Labute approximate surface area is 195 Å². The van der Waals surface area contributed by atoms with Crippen LogP contribution in [0.25, 0.3) is 27.9 Å². The molecule has 0 fully saturated rings. The van der Waals surface area contributed by atoms with Crippen molar-refractivity contribution in [3.8, 4) is 11.4 Å². The van der Waals surface area contributed by atoms with Crippen molar-refractivity contribution in [1.29, 1.82) is 0 Å². The summed E-state index contributed by atoms with van der Waals surface area (Å²) in [5.74, 6) is -0.958. The number of imidazole rings is 1. The first-order valence-electron chi connectivity index (χ1n) is 10.8. The van der Waals surface area contributed by atoms with E-state index < -0.39 is 17.2 Å². The molecule has 0 unspecified atom stereocenters. The van der Waals surface area contributed by atoms with E-state index in [2.05, 4.69) is 30.4 Å². The number of fused-ring (bicyclic) bond motifs is 4. The molecule has 1 amide bonds. The monoisotopic (exact) mass is 476 g/mol. The Kier molecular flexibility index (Phi) is 4.71. The molecule has 5 aromatic rings. The predicted molar refractivity (Wildman–Crippen MR) is 121 cm³/mol. The van der Waals surface area contributed by atoms with Crippen LogP contribution in [0.4, 0.5) is 8.78 Å². The summed E-state index contributed by atoms with van der Waals surface area (Å²) >= 11 is 0. The number of aromatic nitrogens is 6. The molecular weight excluding hydrogens is 458 g/mol. The second kappa shape index (κ2) is 7.81. The van der Waals surface area contributed by atoms with Gasteiger partial charge in [0.15, 0.2) is 17.2 Å². The molecule has 0 bridgehead atoms. The van der Waals surface area contributed by atoms with Crippen LogP contribution in [0.3, 0.4) is 0 Å².